The van der Waals surface area contributed by atoms with E-state index in [0.29, 0.717) is 12.5 Å². The fourth-order valence-corrected chi connectivity index (χ4v) is 2.33. The number of aromatic nitrogens is 1. The Bertz CT molecular complexity index is 537. The van der Waals surface area contributed by atoms with Gasteiger partial charge in [-0.3, -0.25) is 4.98 Å². The smallest absolute Gasteiger partial charge is 0.0957 e. The molecule has 2 rings (SSSR count). The Hall–Kier alpha value is -1.87. The Balaban J connectivity index is 2.18. The van der Waals surface area contributed by atoms with E-state index in [2.05, 4.69) is 48.0 Å². The maximum Gasteiger partial charge on any atom is 0.0957 e. The van der Waals surface area contributed by atoms with Gasteiger partial charge in [0.1, 0.15) is 0 Å². The van der Waals surface area contributed by atoms with Crippen molar-refractivity contribution in [2.45, 2.75) is 45.9 Å². The third-order valence-electron chi connectivity index (χ3n) is 3.65. The molecular weight excluding hydrogens is 260 g/mol. The second-order valence-corrected chi connectivity index (χ2v) is 5.57. The van der Waals surface area contributed by atoms with Gasteiger partial charge in [0, 0.05) is 12.6 Å². The van der Waals surface area contributed by atoms with Crippen LogP contribution < -0.4 is 4.90 Å². The summed E-state index contributed by atoms with van der Waals surface area (Å²) < 4.78 is 0. The highest BCUT2D eigenvalue weighted by Crippen LogP contribution is 2.22. The van der Waals surface area contributed by atoms with Crippen molar-refractivity contribution < 1.29 is 5.11 Å². The van der Waals surface area contributed by atoms with Crippen LogP contribution in [-0.2, 0) is 6.54 Å². The van der Waals surface area contributed by atoms with Crippen LogP contribution in [0.3, 0.4) is 0 Å². The molecule has 0 aliphatic carbocycles. The summed E-state index contributed by atoms with van der Waals surface area (Å²) in [5.74, 6) is 0. The average Bonchev–Trinajstić information content (AvgIpc) is 2.53. The molecule has 1 N–H and O–H groups in total. The van der Waals surface area contributed by atoms with Crippen LogP contribution in [0.5, 0.6) is 0 Å². The van der Waals surface area contributed by atoms with E-state index in [0.717, 1.165) is 17.9 Å². The van der Waals surface area contributed by atoms with Gasteiger partial charge in [-0.1, -0.05) is 37.3 Å². The van der Waals surface area contributed by atoms with E-state index in [1.54, 1.807) is 0 Å². The summed E-state index contributed by atoms with van der Waals surface area (Å²) in [6.07, 6.45) is 2.07. The minimum absolute atomic E-state index is 0.383. The fourth-order valence-electron chi connectivity index (χ4n) is 2.33. The quantitative estimate of drug-likeness (QED) is 0.873. The van der Waals surface area contributed by atoms with Gasteiger partial charge >= 0.3 is 0 Å². The molecule has 1 atom stereocenters. The molecule has 0 spiro atoms. The number of anilines is 1. The van der Waals surface area contributed by atoms with E-state index in [-0.39, 0.29) is 0 Å². The summed E-state index contributed by atoms with van der Waals surface area (Å²) in [4.78, 5) is 6.71. The zero-order valence-corrected chi connectivity index (χ0v) is 13.0. The zero-order valence-electron chi connectivity index (χ0n) is 13.0. The molecule has 0 bridgehead atoms. The number of hydrogen-bond acceptors (Lipinski definition) is 3. The van der Waals surface area contributed by atoms with E-state index in [9.17, 15) is 5.11 Å². The summed E-state index contributed by atoms with van der Waals surface area (Å²) in [6.45, 7) is 7.17. The van der Waals surface area contributed by atoms with Gasteiger partial charge < -0.3 is 10.0 Å². The summed E-state index contributed by atoms with van der Waals surface area (Å²) in [5, 5.41) is 9.83. The molecule has 1 unspecified atom stereocenters. The number of aliphatic hydroxyl groups is 1. The molecule has 21 heavy (non-hydrogen) atoms. The lowest BCUT2D eigenvalue weighted by molar-refractivity contribution is 0.169. The molecule has 1 aromatic carbocycles. The Morgan fingerprint density at radius 1 is 1.10 bits per heavy atom. The summed E-state index contributed by atoms with van der Waals surface area (Å²) in [5.41, 5.74) is 3.11. The van der Waals surface area contributed by atoms with Crippen LogP contribution in [0, 0.1) is 0 Å². The van der Waals surface area contributed by atoms with Crippen molar-refractivity contribution in [3.05, 3.63) is 59.9 Å². The molecule has 112 valence electrons. The lowest BCUT2D eigenvalue weighted by Gasteiger charge is -2.29. The van der Waals surface area contributed by atoms with Crippen LogP contribution >= 0.6 is 0 Å². The number of hydrogen-bond donors (Lipinski definition) is 1. The molecule has 0 fully saturated rings. The molecule has 0 saturated carbocycles. The summed E-state index contributed by atoms with van der Waals surface area (Å²) in [6, 6.07) is 14.8. The molecule has 3 heteroatoms. The van der Waals surface area contributed by atoms with E-state index >= 15 is 0 Å². The molecule has 0 aliphatic heterocycles. The third-order valence-corrected chi connectivity index (χ3v) is 3.65. The first kappa shape index (κ1) is 15.5. The minimum atomic E-state index is -0.472. The van der Waals surface area contributed by atoms with Crippen LogP contribution in [0.1, 0.15) is 44.6 Å². The molecular formula is C18H24N2O. The predicted octanol–water partition coefficient (Wildman–Crippen LogP) is 3.94. The molecule has 3 nitrogen and oxygen atoms in total. The minimum Gasteiger partial charge on any atom is -0.387 e. The van der Waals surface area contributed by atoms with E-state index in [4.69, 9.17) is 0 Å². The predicted molar refractivity (Wildman–Crippen MR) is 87.2 cm³/mol. The normalized spacial score (nSPS) is 12.4. The highest BCUT2D eigenvalue weighted by molar-refractivity contribution is 5.46. The number of benzene rings is 1. The third kappa shape index (κ3) is 4.05. The second kappa shape index (κ2) is 7.23. The van der Waals surface area contributed by atoms with Crippen molar-refractivity contribution >= 4 is 5.69 Å². The number of aliphatic hydroxyl groups excluding tert-OH is 1. The van der Waals surface area contributed by atoms with Gasteiger partial charge in [-0.05, 0) is 38.0 Å². The number of rotatable bonds is 6. The Labute approximate surface area is 127 Å². The van der Waals surface area contributed by atoms with Gasteiger partial charge in [0.25, 0.3) is 0 Å². The van der Waals surface area contributed by atoms with Crippen molar-refractivity contribution in [1.29, 1.82) is 0 Å². The van der Waals surface area contributed by atoms with Gasteiger partial charge in [-0.15, -0.1) is 0 Å². The SMILES string of the molecule is CCC(O)c1ccc(N(Cc2ccccc2)C(C)C)cn1. The Kier molecular flexibility index (Phi) is 5.34. The summed E-state index contributed by atoms with van der Waals surface area (Å²) in [7, 11) is 0. The van der Waals surface area contributed by atoms with E-state index < -0.39 is 6.10 Å². The molecule has 0 saturated heterocycles. The second-order valence-electron chi connectivity index (χ2n) is 5.57. The molecule has 0 radical (unpaired) electrons. The molecule has 2 aromatic rings. The number of pyridine rings is 1. The van der Waals surface area contributed by atoms with Gasteiger partial charge in [-0.25, -0.2) is 0 Å². The molecule has 1 aromatic heterocycles. The first-order chi connectivity index (χ1) is 10.1. The highest BCUT2D eigenvalue weighted by Gasteiger charge is 2.13. The van der Waals surface area contributed by atoms with E-state index in [1.165, 1.54) is 5.56 Å². The van der Waals surface area contributed by atoms with Crippen molar-refractivity contribution in [3.8, 4) is 0 Å². The van der Waals surface area contributed by atoms with Crippen LogP contribution in [0.15, 0.2) is 48.7 Å². The van der Waals surface area contributed by atoms with Crippen molar-refractivity contribution in [3.63, 3.8) is 0 Å². The van der Waals surface area contributed by atoms with Crippen LogP contribution in [-0.4, -0.2) is 16.1 Å². The van der Waals surface area contributed by atoms with Gasteiger partial charge in [-0.2, -0.15) is 0 Å². The van der Waals surface area contributed by atoms with Crippen LogP contribution in [0.25, 0.3) is 0 Å². The zero-order chi connectivity index (χ0) is 15.2. The topological polar surface area (TPSA) is 36.4 Å². The van der Waals surface area contributed by atoms with E-state index in [1.807, 2.05) is 31.3 Å². The fraction of sp³-hybridized carbons (Fsp3) is 0.389. The lowest BCUT2D eigenvalue weighted by Crippen LogP contribution is -2.30. The Morgan fingerprint density at radius 3 is 2.33 bits per heavy atom. The van der Waals surface area contributed by atoms with Gasteiger partial charge in [0.05, 0.1) is 23.7 Å². The first-order valence-corrected chi connectivity index (χ1v) is 7.56. The Morgan fingerprint density at radius 2 is 1.81 bits per heavy atom. The standard InChI is InChI=1S/C18H24N2O/c1-4-18(21)17-11-10-16(12-19-17)20(14(2)3)13-15-8-6-5-7-9-15/h5-12,14,18,21H,4,13H2,1-3H3. The van der Waals surface area contributed by atoms with Crippen LogP contribution in [0.4, 0.5) is 5.69 Å². The summed E-state index contributed by atoms with van der Waals surface area (Å²) >= 11 is 0. The lowest BCUT2D eigenvalue weighted by atomic mass is 10.1. The highest BCUT2D eigenvalue weighted by atomic mass is 16.3. The first-order valence-electron chi connectivity index (χ1n) is 7.56. The molecule has 0 aliphatic rings. The molecule has 1 heterocycles. The van der Waals surface area contributed by atoms with Crippen molar-refractivity contribution in [1.82, 2.24) is 4.98 Å². The number of nitrogens with zero attached hydrogens (tertiary/aromatic N) is 2. The van der Waals surface area contributed by atoms with Gasteiger partial charge in [0.15, 0.2) is 0 Å². The van der Waals surface area contributed by atoms with Crippen molar-refractivity contribution in [2.24, 2.45) is 0 Å². The largest absolute Gasteiger partial charge is 0.387 e. The maximum absolute atomic E-state index is 9.83. The average molecular weight is 284 g/mol. The van der Waals surface area contributed by atoms with Crippen molar-refractivity contribution in [2.75, 3.05) is 4.90 Å². The van der Waals surface area contributed by atoms with Gasteiger partial charge in [0.2, 0.25) is 0 Å². The monoisotopic (exact) mass is 284 g/mol. The van der Waals surface area contributed by atoms with Crippen LogP contribution in [0.2, 0.25) is 0 Å². The molecule has 0 amide bonds. The maximum atomic E-state index is 9.83.